The molecule has 0 saturated carbocycles. The minimum absolute atomic E-state index is 0.131. The largest absolute Gasteiger partial charge is 0.293 e. The molecule has 0 N–H and O–H groups in total. The monoisotopic (exact) mass is 389 g/mol. The van der Waals surface area contributed by atoms with Crippen molar-refractivity contribution in [3.63, 3.8) is 0 Å². The first-order valence-electron chi connectivity index (χ1n) is 6.65. The fourth-order valence-corrected chi connectivity index (χ4v) is 3.91. The number of nitrogens with zero attached hydrogens (tertiary/aromatic N) is 1. The predicted octanol–water partition coefficient (Wildman–Crippen LogP) is 5.55. The van der Waals surface area contributed by atoms with Gasteiger partial charge < -0.3 is 0 Å². The molecule has 3 aromatic rings. The Morgan fingerprint density at radius 3 is 2.55 bits per heavy atom. The van der Waals surface area contributed by atoms with E-state index in [-0.39, 0.29) is 5.78 Å². The minimum Gasteiger partial charge on any atom is -0.293 e. The summed E-state index contributed by atoms with van der Waals surface area (Å²) in [6, 6.07) is 17.4. The lowest BCUT2D eigenvalue weighted by molar-refractivity contribution is 0.102. The number of carbonyl (C=O) groups is 1. The van der Waals surface area contributed by atoms with Gasteiger partial charge in [0.25, 0.3) is 0 Å². The van der Waals surface area contributed by atoms with Crippen LogP contribution in [0.4, 0.5) is 0 Å². The lowest BCUT2D eigenvalue weighted by atomic mass is 10.2. The quantitative estimate of drug-likeness (QED) is 0.423. The minimum atomic E-state index is 0.131. The number of halogens is 1. The van der Waals surface area contributed by atoms with Crippen molar-refractivity contribution in [2.45, 2.75) is 4.34 Å². The van der Waals surface area contributed by atoms with Crippen LogP contribution in [-0.4, -0.2) is 16.5 Å². The van der Waals surface area contributed by atoms with Crippen LogP contribution in [0.5, 0.6) is 0 Å². The summed E-state index contributed by atoms with van der Waals surface area (Å²) in [4.78, 5) is 16.7. The van der Waals surface area contributed by atoms with Gasteiger partial charge >= 0.3 is 0 Å². The number of benzene rings is 2. The number of ketones is 1. The van der Waals surface area contributed by atoms with Crippen LogP contribution in [0.15, 0.2) is 68.8 Å². The van der Waals surface area contributed by atoms with Gasteiger partial charge in [0, 0.05) is 21.0 Å². The van der Waals surface area contributed by atoms with E-state index in [2.05, 4.69) is 20.9 Å². The van der Waals surface area contributed by atoms with E-state index in [1.54, 1.807) is 11.3 Å². The summed E-state index contributed by atoms with van der Waals surface area (Å²) in [6.07, 6.45) is 0. The number of carbonyl (C=O) groups excluding carboxylic acids is 1. The summed E-state index contributed by atoms with van der Waals surface area (Å²) in [6.45, 7) is 0. The maximum absolute atomic E-state index is 12.1. The molecule has 1 aromatic heterocycles. The van der Waals surface area contributed by atoms with E-state index in [1.165, 1.54) is 11.8 Å². The molecular weight excluding hydrogens is 378 g/mol. The lowest BCUT2D eigenvalue weighted by Crippen LogP contribution is -2.01. The van der Waals surface area contributed by atoms with Gasteiger partial charge in [-0.3, -0.25) is 4.79 Å². The summed E-state index contributed by atoms with van der Waals surface area (Å²) in [7, 11) is 0. The third-order valence-corrected chi connectivity index (χ3v) is 5.60. The van der Waals surface area contributed by atoms with E-state index in [0.717, 1.165) is 25.6 Å². The lowest BCUT2D eigenvalue weighted by Gasteiger charge is -1.99. The molecule has 0 aliphatic rings. The molecule has 0 atom stereocenters. The van der Waals surface area contributed by atoms with Crippen LogP contribution in [0.2, 0.25) is 0 Å². The van der Waals surface area contributed by atoms with Crippen molar-refractivity contribution in [3.05, 3.63) is 70.0 Å². The second-order valence-corrected chi connectivity index (χ2v) is 7.58. The molecule has 5 heteroatoms. The number of hydrogen-bond donors (Lipinski definition) is 0. The zero-order valence-electron chi connectivity index (χ0n) is 11.5. The van der Waals surface area contributed by atoms with Crippen LogP contribution < -0.4 is 0 Å². The summed E-state index contributed by atoms with van der Waals surface area (Å²) in [5, 5.41) is 2.03. The van der Waals surface area contributed by atoms with E-state index in [4.69, 9.17) is 0 Å². The standard InChI is InChI=1S/C17H12BrNOS2/c18-14-8-6-12(7-9-14)15-10-21-17(19-15)22-11-16(20)13-4-2-1-3-5-13/h1-10H,11H2. The molecule has 0 aliphatic carbocycles. The van der Waals surface area contributed by atoms with Gasteiger partial charge in [-0.25, -0.2) is 4.98 Å². The van der Waals surface area contributed by atoms with E-state index >= 15 is 0 Å². The molecule has 0 radical (unpaired) electrons. The summed E-state index contributed by atoms with van der Waals surface area (Å²) < 4.78 is 1.97. The molecule has 2 aromatic carbocycles. The number of hydrogen-bond acceptors (Lipinski definition) is 4. The topological polar surface area (TPSA) is 30.0 Å². The van der Waals surface area contributed by atoms with Gasteiger partial charge in [0.1, 0.15) is 0 Å². The molecule has 0 fully saturated rings. The normalized spacial score (nSPS) is 10.6. The third kappa shape index (κ3) is 3.85. The smallest absolute Gasteiger partial charge is 0.173 e. The fraction of sp³-hybridized carbons (Fsp3) is 0.0588. The Hall–Kier alpha value is -1.43. The van der Waals surface area contributed by atoms with Gasteiger partial charge in [0.05, 0.1) is 11.4 Å². The van der Waals surface area contributed by atoms with Crippen molar-refractivity contribution in [1.29, 1.82) is 0 Å². The average Bonchev–Trinajstić information content (AvgIpc) is 3.03. The fourth-order valence-electron chi connectivity index (χ4n) is 1.91. The Labute approximate surface area is 145 Å². The maximum Gasteiger partial charge on any atom is 0.173 e. The number of rotatable bonds is 5. The van der Waals surface area contributed by atoms with Crippen LogP contribution >= 0.6 is 39.0 Å². The predicted molar refractivity (Wildman–Crippen MR) is 96.7 cm³/mol. The van der Waals surface area contributed by atoms with Crippen molar-refractivity contribution in [2.24, 2.45) is 0 Å². The molecule has 0 aliphatic heterocycles. The van der Waals surface area contributed by atoms with Crippen LogP contribution in [-0.2, 0) is 0 Å². The van der Waals surface area contributed by atoms with Gasteiger partial charge in [-0.1, -0.05) is 70.2 Å². The molecule has 0 saturated heterocycles. The zero-order valence-corrected chi connectivity index (χ0v) is 14.7. The van der Waals surface area contributed by atoms with Gasteiger partial charge in [0.2, 0.25) is 0 Å². The molecule has 110 valence electrons. The van der Waals surface area contributed by atoms with Crippen LogP contribution in [0, 0.1) is 0 Å². The molecular formula is C17H12BrNOS2. The van der Waals surface area contributed by atoms with E-state index < -0.39 is 0 Å². The zero-order chi connectivity index (χ0) is 15.4. The van der Waals surface area contributed by atoms with Crippen LogP contribution in [0.1, 0.15) is 10.4 Å². The van der Waals surface area contributed by atoms with Gasteiger partial charge in [-0.15, -0.1) is 11.3 Å². The highest BCUT2D eigenvalue weighted by molar-refractivity contribution is 9.10. The van der Waals surface area contributed by atoms with E-state index in [1.807, 2.05) is 60.0 Å². The Morgan fingerprint density at radius 1 is 1.09 bits per heavy atom. The first-order valence-corrected chi connectivity index (χ1v) is 9.31. The second-order valence-electron chi connectivity index (χ2n) is 4.58. The molecule has 22 heavy (non-hydrogen) atoms. The summed E-state index contributed by atoms with van der Waals surface area (Å²) in [5.74, 6) is 0.545. The number of thioether (sulfide) groups is 1. The van der Waals surface area contributed by atoms with Gasteiger partial charge in [-0.05, 0) is 12.1 Å². The first-order chi connectivity index (χ1) is 10.7. The number of Topliss-reactive ketones (excluding diaryl/α,β-unsaturated/α-hetero) is 1. The highest BCUT2D eigenvalue weighted by Crippen LogP contribution is 2.29. The molecule has 0 bridgehead atoms. The van der Waals surface area contributed by atoms with Gasteiger partial charge in [0.15, 0.2) is 10.1 Å². The summed E-state index contributed by atoms with van der Waals surface area (Å²) in [5.41, 5.74) is 2.78. The third-order valence-electron chi connectivity index (χ3n) is 3.05. The highest BCUT2D eigenvalue weighted by atomic mass is 79.9. The van der Waals surface area contributed by atoms with Crippen molar-refractivity contribution in [2.75, 3.05) is 5.75 Å². The highest BCUT2D eigenvalue weighted by Gasteiger charge is 2.09. The Morgan fingerprint density at radius 2 is 1.82 bits per heavy atom. The van der Waals surface area contributed by atoms with Crippen LogP contribution in [0.3, 0.4) is 0 Å². The van der Waals surface area contributed by atoms with Crippen molar-refractivity contribution in [1.82, 2.24) is 4.98 Å². The van der Waals surface area contributed by atoms with Crippen LogP contribution in [0.25, 0.3) is 11.3 Å². The van der Waals surface area contributed by atoms with Crippen molar-refractivity contribution < 1.29 is 4.79 Å². The molecule has 3 rings (SSSR count). The maximum atomic E-state index is 12.1. The van der Waals surface area contributed by atoms with E-state index in [0.29, 0.717) is 5.75 Å². The van der Waals surface area contributed by atoms with Gasteiger partial charge in [-0.2, -0.15) is 0 Å². The first kappa shape index (κ1) is 15.5. The molecule has 0 amide bonds. The Kier molecular flexibility index (Phi) is 5.08. The Balaban J connectivity index is 1.65. The van der Waals surface area contributed by atoms with Crippen molar-refractivity contribution in [3.8, 4) is 11.3 Å². The number of aromatic nitrogens is 1. The van der Waals surface area contributed by atoms with E-state index in [9.17, 15) is 4.79 Å². The SMILES string of the molecule is O=C(CSc1nc(-c2ccc(Br)cc2)cs1)c1ccccc1. The molecule has 0 spiro atoms. The molecule has 0 unspecified atom stereocenters. The number of thiazole rings is 1. The molecule has 1 heterocycles. The summed E-state index contributed by atoms with van der Waals surface area (Å²) >= 11 is 6.49. The Bertz CT molecular complexity index is 769. The second kappa shape index (κ2) is 7.22. The molecule has 2 nitrogen and oxygen atoms in total. The average molecular weight is 390 g/mol. The van der Waals surface area contributed by atoms with Crippen molar-refractivity contribution >= 4 is 44.8 Å².